The number of aliphatic carboxylic acids is 1. The Balaban J connectivity index is 2.33. The molecule has 7 nitrogen and oxygen atoms in total. The topological polar surface area (TPSA) is 104 Å². The van der Waals surface area contributed by atoms with E-state index in [9.17, 15) is 9.59 Å². The van der Waals surface area contributed by atoms with Crippen molar-refractivity contribution < 1.29 is 14.7 Å². The molecule has 1 aromatic heterocycles. The maximum absolute atomic E-state index is 11.7. The highest BCUT2D eigenvalue weighted by Crippen LogP contribution is 2.14. The smallest absolute Gasteiger partial charge is 0.315 e. The van der Waals surface area contributed by atoms with Crippen LogP contribution in [0.2, 0.25) is 0 Å². The van der Waals surface area contributed by atoms with Crippen molar-refractivity contribution in [3.8, 4) is 0 Å². The van der Waals surface area contributed by atoms with Gasteiger partial charge in [0.05, 0.1) is 12.2 Å². The van der Waals surface area contributed by atoms with Gasteiger partial charge in [0.15, 0.2) is 0 Å². The molecule has 0 fully saturated rings. The highest BCUT2D eigenvalue weighted by Gasteiger charge is 2.16. The number of aromatic nitrogens is 2. The molecule has 7 heteroatoms. The summed E-state index contributed by atoms with van der Waals surface area (Å²) >= 11 is 0. The van der Waals surface area contributed by atoms with Gasteiger partial charge in [0.1, 0.15) is 0 Å². The van der Waals surface area contributed by atoms with Crippen LogP contribution < -0.4 is 10.6 Å². The Morgan fingerprint density at radius 1 is 1.33 bits per heavy atom. The van der Waals surface area contributed by atoms with E-state index in [0.717, 1.165) is 6.42 Å². The number of carboxylic acid groups (broad SMARTS) is 1. The molecule has 0 unspecified atom stereocenters. The highest BCUT2D eigenvalue weighted by molar-refractivity contribution is 5.74. The second-order valence-electron chi connectivity index (χ2n) is 5.37. The lowest BCUT2D eigenvalue weighted by Gasteiger charge is -2.18. The zero-order valence-electron chi connectivity index (χ0n) is 12.4. The third kappa shape index (κ3) is 7.86. The van der Waals surface area contributed by atoms with E-state index in [1.165, 1.54) is 0 Å². The van der Waals surface area contributed by atoms with Crippen LogP contribution in [-0.2, 0) is 11.3 Å². The highest BCUT2D eigenvalue weighted by atomic mass is 16.4. The fraction of sp³-hybridized carbons (Fsp3) is 0.571. The maximum Gasteiger partial charge on any atom is 0.315 e. The fourth-order valence-corrected chi connectivity index (χ4v) is 2.05. The summed E-state index contributed by atoms with van der Waals surface area (Å²) in [5.74, 6) is -0.522. The van der Waals surface area contributed by atoms with Gasteiger partial charge in [-0.15, -0.1) is 0 Å². The van der Waals surface area contributed by atoms with E-state index in [-0.39, 0.29) is 24.9 Å². The van der Waals surface area contributed by atoms with Crippen molar-refractivity contribution in [3.05, 3.63) is 24.0 Å². The summed E-state index contributed by atoms with van der Waals surface area (Å²) in [6, 6.07) is 3.17. The summed E-state index contributed by atoms with van der Waals surface area (Å²) in [4.78, 5) is 22.5. The van der Waals surface area contributed by atoms with Crippen LogP contribution in [-0.4, -0.2) is 33.8 Å². The van der Waals surface area contributed by atoms with E-state index >= 15 is 0 Å². The molecule has 0 aliphatic rings. The van der Waals surface area contributed by atoms with Crippen LogP contribution in [0.25, 0.3) is 0 Å². The van der Waals surface area contributed by atoms with E-state index in [4.69, 9.17) is 5.11 Å². The minimum absolute atomic E-state index is 0.0582. The van der Waals surface area contributed by atoms with E-state index in [1.807, 2.05) is 13.8 Å². The van der Waals surface area contributed by atoms with Crippen LogP contribution in [0.5, 0.6) is 0 Å². The van der Waals surface area contributed by atoms with Gasteiger partial charge < -0.3 is 15.7 Å². The van der Waals surface area contributed by atoms with Gasteiger partial charge in [-0.1, -0.05) is 13.8 Å². The van der Waals surface area contributed by atoms with Crippen molar-refractivity contribution in [1.82, 2.24) is 20.8 Å². The van der Waals surface area contributed by atoms with Gasteiger partial charge in [-0.05, 0) is 30.4 Å². The van der Waals surface area contributed by atoms with Crippen LogP contribution in [0.4, 0.5) is 4.79 Å². The molecule has 3 N–H and O–H groups in total. The van der Waals surface area contributed by atoms with Gasteiger partial charge in [-0.25, -0.2) is 4.79 Å². The SMILES string of the molecule is CC(C)C[C@H](CNC(=O)NCc1cccnn1)CC(=O)O. The number of carbonyl (C=O) groups is 2. The molecular weight excluding hydrogens is 272 g/mol. The Morgan fingerprint density at radius 2 is 2.10 bits per heavy atom. The number of carbonyl (C=O) groups excluding carboxylic acids is 1. The number of amides is 2. The molecule has 0 bridgehead atoms. The molecule has 2 amide bonds. The number of carboxylic acids is 1. The van der Waals surface area contributed by atoms with Crippen LogP contribution in [0.15, 0.2) is 18.3 Å². The van der Waals surface area contributed by atoms with Crippen molar-refractivity contribution in [2.24, 2.45) is 11.8 Å². The standard InChI is InChI=1S/C14H22N4O3/c1-10(2)6-11(7-13(19)20)8-15-14(21)16-9-12-4-3-5-17-18-12/h3-5,10-11H,6-9H2,1-2H3,(H,19,20)(H2,15,16,21)/t11-/m0/s1. The van der Waals surface area contributed by atoms with Gasteiger partial charge in [0.2, 0.25) is 0 Å². The first-order chi connectivity index (χ1) is 9.97. The zero-order valence-corrected chi connectivity index (χ0v) is 12.4. The summed E-state index contributed by atoms with van der Waals surface area (Å²) < 4.78 is 0. The maximum atomic E-state index is 11.7. The predicted molar refractivity (Wildman–Crippen MR) is 77.5 cm³/mol. The Labute approximate surface area is 124 Å². The molecule has 21 heavy (non-hydrogen) atoms. The lowest BCUT2D eigenvalue weighted by Crippen LogP contribution is -2.38. The number of nitrogens with one attached hydrogen (secondary N) is 2. The summed E-state index contributed by atoms with van der Waals surface area (Å²) in [6.07, 6.45) is 2.38. The quantitative estimate of drug-likeness (QED) is 0.672. The molecule has 0 aliphatic heterocycles. The van der Waals surface area contributed by atoms with Gasteiger partial charge in [-0.2, -0.15) is 10.2 Å². The number of hydrogen-bond donors (Lipinski definition) is 3. The summed E-state index contributed by atoms with van der Waals surface area (Å²) in [5, 5.41) is 21.8. The van der Waals surface area contributed by atoms with Crippen LogP contribution in [0, 0.1) is 11.8 Å². The number of nitrogens with zero attached hydrogens (tertiary/aromatic N) is 2. The first kappa shape index (κ1) is 16.9. The largest absolute Gasteiger partial charge is 0.481 e. The Kier molecular flexibility index (Phi) is 7.14. The van der Waals surface area contributed by atoms with Crippen LogP contribution in [0.3, 0.4) is 0 Å². The van der Waals surface area contributed by atoms with Crippen LogP contribution in [0.1, 0.15) is 32.4 Å². The fourth-order valence-electron chi connectivity index (χ4n) is 2.05. The first-order valence-corrected chi connectivity index (χ1v) is 6.97. The van der Waals surface area contributed by atoms with Crippen molar-refractivity contribution in [2.45, 2.75) is 33.2 Å². The zero-order chi connectivity index (χ0) is 15.7. The van der Waals surface area contributed by atoms with Gasteiger partial charge in [0.25, 0.3) is 0 Å². The predicted octanol–water partition coefficient (Wildman–Crippen LogP) is 1.41. The van der Waals surface area contributed by atoms with E-state index in [2.05, 4.69) is 20.8 Å². The van der Waals surface area contributed by atoms with Crippen LogP contribution >= 0.6 is 0 Å². The van der Waals surface area contributed by atoms with Crippen molar-refractivity contribution in [3.63, 3.8) is 0 Å². The second-order valence-corrected chi connectivity index (χ2v) is 5.37. The molecule has 116 valence electrons. The molecule has 0 saturated carbocycles. The second kappa shape index (κ2) is 8.89. The molecule has 1 atom stereocenters. The lowest BCUT2D eigenvalue weighted by molar-refractivity contribution is -0.138. The number of hydrogen-bond acceptors (Lipinski definition) is 4. The molecule has 1 aromatic rings. The number of rotatable bonds is 8. The average Bonchev–Trinajstić information content (AvgIpc) is 2.42. The summed E-state index contributed by atoms with van der Waals surface area (Å²) in [7, 11) is 0. The van der Waals surface area contributed by atoms with Crippen molar-refractivity contribution >= 4 is 12.0 Å². The molecule has 0 radical (unpaired) electrons. The molecule has 0 aromatic carbocycles. The van der Waals surface area contributed by atoms with Gasteiger partial charge in [-0.3, -0.25) is 4.79 Å². The Bertz CT molecular complexity index is 451. The minimum atomic E-state index is -0.845. The number of urea groups is 1. The van der Waals surface area contributed by atoms with Crippen molar-refractivity contribution in [1.29, 1.82) is 0 Å². The van der Waals surface area contributed by atoms with Gasteiger partial charge in [0, 0.05) is 19.2 Å². The molecule has 1 rings (SSSR count). The van der Waals surface area contributed by atoms with E-state index < -0.39 is 5.97 Å². The Morgan fingerprint density at radius 3 is 2.67 bits per heavy atom. The average molecular weight is 294 g/mol. The third-order valence-electron chi connectivity index (χ3n) is 2.88. The molecule has 0 saturated heterocycles. The van der Waals surface area contributed by atoms with E-state index in [0.29, 0.717) is 18.2 Å². The summed E-state index contributed by atoms with van der Waals surface area (Å²) in [6.45, 7) is 4.69. The third-order valence-corrected chi connectivity index (χ3v) is 2.88. The minimum Gasteiger partial charge on any atom is -0.481 e. The molecule has 0 spiro atoms. The van der Waals surface area contributed by atoms with Crippen molar-refractivity contribution in [2.75, 3.05) is 6.54 Å². The molecule has 0 aliphatic carbocycles. The molecular formula is C14H22N4O3. The van der Waals surface area contributed by atoms with E-state index in [1.54, 1.807) is 18.3 Å². The molecule has 1 heterocycles. The summed E-state index contributed by atoms with van der Waals surface area (Å²) in [5.41, 5.74) is 0.664. The lowest BCUT2D eigenvalue weighted by atomic mass is 9.94. The van der Waals surface area contributed by atoms with Gasteiger partial charge >= 0.3 is 12.0 Å². The normalized spacial score (nSPS) is 12.0. The monoisotopic (exact) mass is 294 g/mol. The Hall–Kier alpha value is -2.18. The first-order valence-electron chi connectivity index (χ1n) is 6.97.